The van der Waals surface area contributed by atoms with Gasteiger partial charge in [-0.3, -0.25) is 9.25 Å². The summed E-state index contributed by atoms with van der Waals surface area (Å²) in [6.07, 6.45) is 5.19. The van der Waals surface area contributed by atoms with E-state index in [0.717, 1.165) is 16.9 Å². The number of hydrogen-bond donors (Lipinski definition) is 1. The van der Waals surface area contributed by atoms with Crippen LogP contribution in [0, 0.1) is 0 Å². The maximum atomic E-state index is 15.6. The van der Waals surface area contributed by atoms with E-state index in [-0.39, 0.29) is 16.6 Å². The van der Waals surface area contributed by atoms with Crippen LogP contribution in [0.25, 0.3) is 22.6 Å². The summed E-state index contributed by atoms with van der Waals surface area (Å²) in [6, 6.07) is 11.1. The Morgan fingerprint density at radius 1 is 1.08 bits per heavy atom. The van der Waals surface area contributed by atoms with Gasteiger partial charge in [-0.25, -0.2) is 4.98 Å². The van der Waals surface area contributed by atoms with Crippen molar-refractivity contribution in [3.8, 4) is 22.6 Å². The van der Waals surface area contributed by atoms with Crippen molar-refractivity contribution in [2.75, 3.05) is 5.32 Å². The molecule has 0 bridgehead atoms. The zero-order valence-corrected chi connectivity index (χ0v) is 21.2. The summed E-state index contributed by atoms with van der Waals surface area (Å²) in [5.74, 6) is -2.15. The number of aromatic nitrogens is 7. The Hall–Kier alpha value is -3.76. The lowest BCUT2D eigenvalue weighted by Crippen LogP contribution is -2.28. The van der Waals surface area contributed by atoms with Gasteiger partial charge in [0.2, 0.25) is 5.82 Å². The van der Waals surface area contributed by atoms with Gasteiger partial charge in [-0.2, -0.15) is 13.9 Å². The standard InChI is InChI=1S/C25H20Cl2F2N8/c1-14-12-36-13-15(16-10-21(30-11-19(16)27)32-22-7-8-31-35(22)2)9-20(36)23-33-34-24(37(14)23)25(28,29)17-5-3-4-6-18(17)26/h3-11,13-14H,12H2,1-2H3,(H,30,32)/t14-/m0/s1. The fraction of sp³-hybridized carbons (Fsp3) is 0.200. The SMILES string of the molecule is C[C@H]1Cn2cc(-c3cc(Nc4ccnn4C)ncc3Cl)cc2-c2nnc(C(F)(F)c3ccccc3Cl)n21. The third-order valence-electron chi connectivity index (χ3n) is 6.46. The van der Waals surface area contributed by atoms with Crippen LogP contribution >= 0.6 is 23.2 Å². The van der Waals surface area contributed by atoms with E-state index in [1.165, 1.54) is 22.8 Å². The van der Waals surface area contributed by atoms with Gasteiger partial charge in [-0.1, -0.05) is 41.4 Å². The monoisotopic (exact) mass is 540 g/mol. The van der Waals surface area contributed by atoms with E-state index in [1.54, 1.807) is 23.1 Å². The Morgan fingerprint density at radius 2 is 1.89 bits per heavy atom. The van der Waals surface area contributed by atoms with E-state index in [4.69, 9.17) is 23.2 Å². The highest BCUT2D eigenvalue weighted by Gasteiger charge is 2.44. The molecule has 0 spiro atoms. The lowest BCUT2D eigenvalue weighted by molar-refractivity contribution is 0.0269. The molecule has 6 rings (SSSR count). The van der Waals surface area contributed by atoms with Crippen molar-refractivity contribution in [1.29, 1.82) is 0 Å². The Kier molecular flexibility index (Phi) is 5.54. The molecule has 0 saturated heterocycles. The average molecular weight is 541 g/mol. The molecule has 1 aliphatic rings. The zero-order chi connectivity index (χ0) is 25.9. The van der Waals surface area contributed by atoms with Crippen molar-refractivity contribution in [2.45, 2.75) is 25.4 Å². The summed E-state index contributed by atoms with van der Waals surface area (Å²) in [7, 11) is 1.82. The number of pyridine rings is 1. The van der Waals surface area contributed by atoms with Crippen LogP contribution in [0.3, 0.4) is 0 Å². The lowest BCUT2D eigenvalue weighted by Gasteiger charge is -2.27. The third kappa shape index (κ3) is 3.87. The number of nitrogens with one attached hydrogen (secondary N) is 1. The van der Waals surface area contributed by atoms with Crippen LogP contribution in [-0.2, 0) is 19.5 Å². The second-order valence-corrected chi connectivity index (χ2v) is 9.72. The normalized spacial score (nSPS) is 14.9. The lowest BCUT2D eigenvalue weighted by atomic mass is 10.1. The number of aryl methyl sites for hydroxylation is 1. The molecule has 0 unspecified atom stereocenters. The minimum atomic E-state index is -3.42. The minimum absolute atomic E-state index is 0.0261. The highest BCUT2D eigenvalue weighted by Crippen LogP contribution is 2.43. The Balaban J connectivity index is 1.40. The molecule has 4 aromatic heterocycles. The molecule has 0 fully saturated rings. The first-order chi connectivity index (χ1) is 17.7. The number of rotatable bonds is 5. The highest BCUT2D eigenvalue weighted by molar-refractivity contribution is 6.33. The average Bonchev–Trinajstić information content (AvgIpc) is 3.59. The summed E-state index contributed by atoms with van der Waals surface area (Å²) in [6.45, 7) is 2.31. The first-order valence-electron chi connectivity index (χ1n) is 11.4. The van der Waals surface area contributed by atoms with E-state index in [9.17, 15) is 0 Å². The first-order valence-corrected chi connectivity index (χ1v) is 12.2. The van der Waals surface area contributed by atoms with Crippen LogP contribution in [0.5, 0.6) is 0 Å². The molecule has 1 atom stereocenters. The number of halogens is 4. The molecule has 1 N–H and O–H groups in total. The molecule has 12 heteroatoms. The van der Waals surface area contributed by atoms with Crippen LogP contribution in [0.15, 0.2) is 61.1 Å². The van der Waals surface area contributed by atoms with Crippen LogP contribution < -0.4 is 5.32 Å². The summed E-state index contributed by atoms with van der Waals surface area (Å²) < 4.78 is 36.4. The van der Waals surface area contributed by atoms with Gasteiger partial charge in [0, 0.05) is 48.7 Å². The molecule has 5 heterocycles. The Morgan fingerprint density at radius 3 is 2.65 bits per heavy atom. The van der Waals surface area contributed by atoms with E-state index in [0.29, 0.717) is 28.9 Å². The first kappa shape index (κ1) is 23.6. The minimum Gasteiger partial charge on any atom is -0.342 e. The molecule has 1 aromatic carbocycles. The summed E-state index contributed by atoms with van der Waals surface area (Å²) in [5, 5.41) is 15.9. The molecule has 0 saturated carbocycles. The van der Waals surface area contributed by atoms with Crippen molar-refractivity contribution >= 4 is 34.8 Å². The molecule has 0 radical (unpaired) electrons. The number of anilines is 2. The third-order valence-corrected chi connectivity index (χ3v) is 7.09. The number of alkyl halides is 2. The van der Waals surface area contributed by atoms with Gasteiger partial charge in [0.1, 0.15) is 11.6 Å². The molecule has 37 heavy (non-hydrogen) atoms. The molecule has 188 valence electrons. The molecule has 8 nitrogen and oxygen atoms in total. The summed E-state index contributed by atoms with van der Waals surface area (Å²) in [5.41, 5.74) is 1.90. The Labute approximate surface area is 220 Å². The van der Waals surface area contributed by atoms with E-state index < -0.39 is 11.7 Å². The Bertz CT molecular complexity index is 1640. The van der Waals surface area contributed by atoms with Crippen LogP contribution in [0.1, 0.15) is 24.4 Å². The largest absolute Gasteiger partial charge is 0.342 e. The van der Waals surface area contributed by atoms with E-state index in [1.807, 2.05) is 42.9 Å². The fourth-order valence-electron chi connectivity index (χ4n) is 4.65. The van der Waals surface area contributed by atoms with Gasteiger partial charge in [0.25, 0.3) is 0 Å². The second kappa shape index (κ2) is 8.67. The molecule has 0 aliphatic carbocycles. The van der Waals surface area contributed by atoms with Gasteiger partial charge in [-0.15, -0.1) is 10.2 Å². The molecule has 5 aromatic rings. The van der Waals surface area contributed by atoms with E-state index >= 15 is 8.78 Å². The predicted octanol–water partition coefficient (Wildman–Crippen LogP) is 6.31. The quantitative estimate of drug-likeness (QED) is 0.282. The van der Waals surface area contributed by atoms with Crippen LogP contribution in [0.4, 0.5) is 20.4 Å². The summed E-state index contributed by atoms with van der Waals surface area (Å²) >= 11 is 12.6. The molecule has 1 aliphatic heterocycles. The van der Waals surface area contributed by atoms with Crippen molar-refractivity contribution in [1.82, 2.24) is 34.1 Å². The fourth-order valence-corrected chi connectivity index (χ4v) is 5.12. The van der Waals surface area contributed by atoms with E-state index in [2.05, 4.69) is 25.6 Å². The zero-order valence-electron chi connectivity index (χ0n) is 19.7. The van der Waals surface area contributed by atoms with Crippen LogP contribution in [-0.4, -0.2) is 34.1 Å². The van der Waals surface area contributed by atoms with Crippen molar-refractivity contribution in [3.63, 3.8) is 0 Å². The van der Waals surface area contributed by atoms with Crippen molar-refractivity contribution in [2.24, 2.45) is 7.05 Å². The van der Waals surface area contributed by atoms with Crippen molar-refractivity contribution in [3.05, 3.63) is 82.5 Å². The van der Waals surface area contributed by atoms with Gasteiger partial charge < -0.3 is 9.88 Å². The molecular formula is C25H20Cl2F2N8. The van der Waals surface area contributed by atoms with Gasteiger partial charge in [0.05, 0.1) is 28.0 Å². The van der Waals surface area contributed by atoms with Crippen molar-refractivity contribution < 1.29 is 8.78 Å². The van der Waals surface area contributed by atoms with Gasteiger partial charge >= 0.3 is 5.92 Å². The number of nitrogens with zero attached hydrogens (tertiary/aromatic N) is 7. The second-order valence-electron chi connectivity index (χ2n) is 8.90. The predicted molar refractivity (Wildman–Crippen MR) is 137 cm³/mol. The number of hydrogen-bond acceptors (Lipinski definition) is 5. The van der Waals surface area contributed by atoms with Gasteiger partial charge in [-0.05, 0) is 25.1 Å². The van der Waals surface area contributed by atoms with Crippen LogP contribution in [0.2, 0.25) is 10.0 Å². The summed E-state index contributed by atoms with van der Waals surface area (Å²) in [4.78, 5) is 4.37. The smallest absolute Gasteiger partial charge is 0.333 e. The maximum absolute atomic E-state index is 15.6. The number of fused-ring (bicyclic) bond motifs is 3. The molecular weight excluding hydrogens is 521 g/mol. The topological polar surface area (TPSA) is 78.4 Å². The number of benzene rings is 1. The highest BCUT2D eigenvalue weighted by atomic mass is 35.5. The maximum Gasteiger partial charge on any atom is 0.333 e. The van der Waals surface area contributed by atoms with Gasteiger partial charge in [0.15, 0.2) is 5.82 Å². The molecule has 0 amide bonds.